The number of hydrogen-bond acceptors (Lipinski definition) is 4. The minimum atomic E-state index is -0.563. The molecule has 1 atom stereocenters. The van der Waals surface area contributed by atoms with Crippen LogP contribution in [0.2, 0.25) is 0 Å². The number of imide groups is 1. The molecular weight excluding hydrogens is 270 g/mol. The number of hydrogen-bond donors (Lipinski definition) is 0. The topological polar surface area (TPSA) is 63.7 Å². The fourth-order valence-corrected chi connectivity index (χ4v) is 2.88. The Labute approximate surface area is 122 Å². The molecule has 0 aromatic heterocycles. The Balaban J connectivity index is 1.64. The number of nitrogens with zero attached hydrogens (tertiary/aromatic N) is 1. The zero-order valence-corrected chi connectivity index (χ0v) is 11.7. The maximum atomic E-state index is 12.3. The smallest absolute Gasteiger partial charge is 0.416 e. The number of rotatable bonds is 4. The van der Waals surface area contributed by atoms with Crippen molar-refractivity contribution in [2.75, 3.05) is 6.61 Å². The van der Waals surface area contributed by atoms with Crippen molar-refractivity contribution in [3.05, 3.63) is 35.9 Å². The minimum absolute atomic E-state index is 0.0933. The highest BCUT2D eigenvalue weighted by atomic mass is 16.6. The van der Waals surface area contributed by atoms with E-state index in [-0.39, 0.29) is 36.7 Å². The van der Waals surface area contributed by atoms with Gasteiger partial charge in [0.25, 0.3) is 0 Å². The predicted molar refractivity (Wildman–Crippen MR) is 74.5 cm³/mol. The summed E-state index contributed by atoms with van der Waals surface area (Å²) in [5, 5.41) is 0. The van der Waals surface area contributed by atoms with Crippen molar-refractivity contribution in [1.29, 1.82) is 0 Å². The highest BCUT2D eigenvalue weighted by molar-refractivity contribution is 5.95. The average Bonchev–Trinajstić information content (AvgIpc) is 2.79. The quantitative estimate of drug-likeness (QED) is 0.849. The van der Waals surface area contributed by atoms with Gasteiger partial charge in [-0.25, -0.2) is 9.69 Å². The lowest BCUT2D eigenvalue weighted by molar-refractivity contribution is -0.133. The van der Waals surface area contributed by atoms with E-state index in [2.05, 4.69) is 0 Å². The molecule has 1 aliphatic carbocycles. The monoisotopic (exact) mass is 287 g/mol. The number of Topliss-reactive ketones (excluding diaryl/α,β-unsaturated/α-hetero) is 1. The molecule has 0 unspecified atom stereocenters. The highest BCUT2D eigenvalue weighted by Crippen LogP contribution is 2.28. The van der Waals surface area contributed by atoms with E-state index in [9.17, 15) is 14.4 Å². The Kier molecular flexibility index (Phi) is 3.73. The van der Waals surface area contributed by atoms with Gasteiger partial charge in [-0.1, -0.05) is 30.3 Å². The van der Waals surface area contributed by atoms with Gasteiger partial charge < -0.3 is 4.74 Å². The summed E-state index contributed by atoms with van der Waals surface area (Å²) in [6, 6.07) is 9.48. The Hall–Kier alpha value is -2.17. The second-order valence-electron chi connectivity index (χ2n) is 5.70. The van der Waals surface area contributed by atoms with E-state index in [1.54, 1.807) is 0 Å². The number of cyclic esters (lactones) is 1. The molecule has 21 heavy (non-hydrogen) atoms. The lowest BCUT2D eigenvalue weighted by Crippen LogP contribution is -2.42. The van der Waals surface area contributed by atoms with E-state index in [1.165, 1.54) is 4.90 Å². The van der Waals surface area contributed by atoms with Gasteiger partial charge in [0.15, 0.2) is 0 Å². The zero-order chi connectivity index (χ0) is 14.8. The molecule has 110 valence electrons. The van der Waals surface area contributed by atoms with Crippen molar-refractivity contribution in [3.8, 4) is 0 Å². The molecule has 1 saturated heterocycles. The van der Waals surface area contributed by atoms with Gasteiger partial charge in [-0.2, -0.15) is 0 Å². The van der Waals surface area contributed by atoms with Gasteiger partial charge in [-0.05, 0) is 17.9 Å². The third-order valence-electron chi connectivity index (χ3n) is 4.04. The Morgan fingerprint density at radius 3 is 2.57 bits per heavy atom. The van der Waals surface area contributed by atoms with Crippen molar-refractivity contribution >= 4 is 17.8 Å². The van der Waals surface area contributed by atoms with Gasteiger partial charge in [-0.15, -0.1) is 0 Å². The second-order valence-corrected chi connectivity index (χ2v) is 5.70. The van der Waals surface area contributed by atoms with E-state index >= 15 is 0 Å². The van der Waals surface area contributed by atoms with Gasteiger partial charge in [-0.3, -0.25) is 9.59 Å². The molecule has 0 N–H and O–H groups in total. The largest absolute Gasteiger partial charge is 0.447 e. The van der Waals surface area contributed by atoms with Crippen LogP contribution in [-0.4, -0.2) is 35.3 Å². The van der Waals surface area contributed by atoms with Crippen LogP contribution >= 0.6 is 0 Å². The summed E-state index contributed by atoms with van der Waals surface area (Å²) < 4.78 is 5.03. The summed E-state index contributed by atoms with van der Waals surface area (Å²) >= 11 is 0. The standard InChI is InChI=1S/C16H17NO4/c18-14-7-12(8-14)9-15(19)17-13(10-21-16(17)20)6-11-4-2-1-3-5-11/h1-5,12-13H,6-10H2/t13-/m0/s1. The molecule has 0 radical (unpaired) electrons. The summed E-state index contributed by atoms with van der Waals surface area (Å²) in [6.07, 6.45) is 1.20. The van der Waals surface area contributed by atoms with Crippen molar-refractivity contribution in [2.45, 2.75) is 31.7 Å². The molecule has 5 heteroatoms. The summed E-state index contributed by atoms with van der Waals surface area (Å²) in [4.78, 5) is 36.3. The first-order chi connectivity index (χ1) is 10.1. The molecule has 1 saturated carbocycles. The first-order valence-electron chi connectivity index (χ1n) is 7.18. The van der Waals surface area contributed by atoms with Gasteiger partial charge in [0.05, 0.1) is 6.04 Å². The number of carbonyl (C=O) groups is 3. The molecular formula is C16H17NO4. The second kappa shape index (κ2) is 5.68. The number of amides is 2. The van der Waals surface area contributed by atoms with Crippen LogP contribution in [0.15, 0.2) is 30.3 Å². The van der Waals surface area contributed by atoms with Crippen LogP contribution in [0, 0.1) is 5.92 Å². The van der Waals surface area contributed by atoms with Gasteiger partial charge in [0, 0.05) is 19.3 Å². The number of ether oxygens (including phenoxy) is 1. The van der Waals surface area contributed by atoms with Crippen LogP contribution in [0.4, 0.5) is 4.79 Å². The molecule has 2 aliphatic rings. The molecule has 1 aromatic carbocycles. The maximum absolute atomic E-state index is 12.3. The Bertz CT molecular complexity index is 561. The first kappa shape index (κ1) is 13.8. The van der Waals surface area contributed by atoms with Crippen LogP contribution in [0.25, 0.3) is 0 Å². The predicted octanol–water partition coefficient (Wildman–Crippen LogP) is 1.95. The number of benzene rings is 1. The first-order valence-corrected chi connectivity index (χ1v) is 7.18. The van der Waals surface area contributed by atoms with Crippen molar-refractivity contribution in [1.82, 2.24) is 4.90 Å². The van der Waals surface area contributed by atoms with Crippen molar-refractivity contribution in [2.24, 2.45) is 5.92 Å². The minimum Gasteiger partial charge on any atom is -0.447 e. The molecule has 1 heterocycles. The van der Waals surface area contributed by atoms with Gasteiger partial charge in [0.1, 0.15) is 12.4 Å². The van der Waals surface area contributed by atoms with Gasteiger partial charge >= 0.3 is 6.09 Å². The molecule has 3 rings (SSSR count). The molecule has 2 amide bonds. The van der Waals surface area contributed by atoms with Gasteiger partial charge in [0.2, 0.25) is 5.91 Å². The maximum Gasteiger partial charge on any atom is 0.416 e. The molecule has 1 aromatic rings. The molecule has 1 aliphatic heterocycles. The van der Waals surface area contributed by atoms with Crippen LogP contribution in [-0.2, 0) is 20.7 Å². The van der Waals surface area contributed by atoms with Crippen LogP contribution in [0.3, 0.4) is 0 Å². The van der Waals surface area contributed by atoms with E-state index in [4.69, 9.17) is 4.74 Å². The van der Waals surface area contributed by atoms with E-state index in [0.29, 0.717) is 19.3 Å². The lowest BCUT2D eigenvalue weighted by Gasteiger charge is -2.26. The SMILES string of the molecule is O=C1CC(CC(=O)N2C(=O)OC[C@@H]2Cc2ccccc2)C1. The third-order valence-corrected chi connectivity index (χ3v) is 4.04. The third kappa shape index (κ3) is 2.96. The van der Waals surface area contributed by atoms with Crippen LogP contribution < -0.4 is 0 Å². The molecule has 0 spiro atoms. The summed E-state index contributed by atoms with van der Waals surface area (Å²) in [5.74, 6) is 0.0596. The van der Waals surface area contributed by atoms with E-state index in [1.807, 2.05) is 30.3 Å². The average molecular weight is 287 g/mol. The van der Waals surface area contributed by atoms with Crippen LogP contribution in [0.5, 0.6) is 0 Å². The van der Waals surface area contributed by atoms with Crippen LogP contribution in [0.1, 0.15) is 24.8 Å². The number of ketones is 1. The fraction of sp³-hybridized carbons (Fsp3) is 0.438. The molecule has 2 fully saturated rings. The van der Waals surface area contributed by atoms with Crippen molar-refractivity contribution < 1.29 is 19.1 Å². The fourth-order valence-electron chi connectivity index (χ4n) is 2.88. The molecule has 5 nitrogen and oxygen atoms in total. The van der Waals surface area contributed by atoms with E-state index < -0.39 is 6.09 Å². The summed E-state index contributed by atoms with van der Waals surface area (Å²) in [6.45, 7) is 0.239. The lowest BCUT2D eigenvalue weighted by atomic mass is 9.81. The Morgan fingerprint density at radius 2 is 1.90 bits per heavy atom. The molecule has 0 bridgehead atoms. The number of carbonyl (C=O) groups excluding carboxylic acids is 3. The highest BCUT2D eigenvalue weighted by Gasteiger charge is 2.40. The van der Waals surface area contributed by atoms with E-state index in [0.717, 1.165) is 5.56 Å². The summed E-state index contributed by atoms with van der Waals surface area (Å²) in [5.41, 5.74) is 1.07. The Morgan fingerprint density at radius 1 is 1.19 bits per heavy atom. The zero-order valence-electron chi connectivity index (χ0n) is 11.7. The summed E-state index contributed by atoms with van der Waals surface area (Å²) in [7, 11) is 0. The normalized spacial score (nSPS) is 22.1. The van der Waals surface area contributed by atoms with Crippen molar-refractivity contribution in [3.63, 3.8) is 0 Å².